The number of unbranched alkanes of at least 4 members (excludes halogenated alkanes) is 2. The third-order valence-electron chi connectivity index (χ3n) is 2.57. The number of hydrazine groups is 1. The average molecular weight is 212 g/mol. The summed E-state index contributed by atoms with van der Waals surface area (Å²) in [5, 5.41) is 4.38. The Morgan fingerprint density at radius 3 is 2.71 bits per heavy atom. The highest BCUT2D eigenvalue weighted by Gasteiger charge is 2.11. The molecule has 1 aromatic rings. The van der Waals surface area contributed by atoms with Gasteiger partial charge in [0.2, 0.25) is 0 Å². The van der Waals surface area contributed by atoms with Gasteiger partial charge in [0.25, 0.3) is 0 Å². The van der Waals surface area contributed by atoms with Gasteiger partial charge in [-0.05, 0) is 35.2 Å². The molecule has 3 heteroatoms. The van der Waals surface area contributed by atoms with E-state index < -0.39 is 0 Å². The van der Waals surface area contributed by atoms with Crippen LogP contribution in [-0.2, 0) is 0 Å². The van der Waals surface area contributed by atoms with Crippen molar-refractivity contribution in [2.45, 2.75) is 45.6 Å². The molecule has 0 amide bonds. The fourth-order valence-electron chi connectivity index (χ4n) is 1.65. The predicted molar refractivity (Wildman–Crippen MR) is 63.3 cm³/mol. The summed E-state index contributed by atoms with van der Waals surface area (Å²) in [6.45, 7) is 4.37. The first-order valence-corrected chi connectivity index (χ1v) is 6.22. The van der Waals surface area contributed by atoms with Crippen LogP contribution in [0.25, 0.3) is 0 Å². The van der Waals surface area contributed by atoms with E-state index in [9.17, 15) is 0 Å². The van der Waals surface area contributed by atoms with E-state index in [1.807, 2.05) is 0 Å². The minimum atomic E-state index is 0.341. The van der Waals surface area contributed by atoms with E-state index in [0.717, 1.165) is 6.42 Å². The third-order valence-corrected chi connectivity index (χ3v) is 3.45. The van der Waals surface area contributed by atoms with Crippen molar-refractivity contribution >= 4 is 11.3 Å². The maximum absolute atomic E-state index is 5.57. The van der Waals surface area contributed by atoms with Crippen LogP contribution in [0.2, 0.25) is 0 Å². The lowest BCUT2D eigenvalue weighted by Gasteiger charge is -2.15. The third kappa shape index (κ3) is 3.08. The fraction of sp³-hybridized carbons (Fsp3) is 0.636. The van der Waals surface area contributed by atoms with E-state index in [1.54, 1.807) is 11.3 Å². The molecule has 1 atom stereocenters. The summed E-state index contributed by atoms with van der Waals surface area (Å²) in [5.74, 6) is 5.57. The average Bonchev–Trinajstić information content (AvgIpc) is 2.60. The molecule has 0 aliphatic carbocycles. The van der Waals surface area contributed by atoms with Crippen molar-refractivity contribution in [1.29, 1.82) is 0 Å². The molecular weight excluding hydrogens is 192 g/mol. The molecule has 2 nitrogen and oxygen atoms in total. The summed E-state index contributed by atoms with van der Waals surface area (Å²) in [7, 11) is 0. The number of rotatable bonds is 6. The Labute approximate surface area is 90.5 Å². The van der Waals surface area contributed by atoms with Gasteiger partial charge in [0.05, 0.1) is 0 Å². The minimum absolute atomic E-state index is 0.341. The topological polar surface area (TPSA) is 38.0 Å². The summed E-state index contributed by atoms with van der Waals surface area (Å²) in [5.41, 5.74) is 5.64. The van der Waals surface area contributed by atoms with Crippen molar-refractivity contribution in [1.82, 2.24) is 5.43 Å². The molecule has 0 saturated carbocycles. The van der Waals surface area contributed by atoms with Crippen LogP contribution in [0.15, 0.2) is 10.8 Å². The first kappa shape index (κ1) is 11.7. The van der Waals surface area contributed by atoms with Crippen LogP contribution in [-0.4, -0.2) is 0 Å². The largest absolute Gasteiger partial charge is 0.271 e. The standard InChI is InChI=1S/C11H20N2S/c1-3-4-5-6-11(13-12)10-8-14-7-9(10)2/h7-8,11,13H,3-6,12H2,1-2H3. The molecule has 3 N–H and O–H groups in total. The van der Waals surface area contributed by atoms with E-state index in [1.165, 1.54) is 30.4 Å². The van der Waals surface area contributed by atoms with Crippen molar-refractivity contribution in [2.75, 3.05) is 0 Å². The Bertz CT molecular complexity index is 258. The van der Waals surface area contributed by atoms with Gasteiger partial charge in [-0.15, -0.1) is 0 Å². The monoisotopic (exact) mass is 212 g/mol. The molecule has 0 aliphatic rings. The predicted octanol–water partition coefficient (Wildman–Crippen LogP) is 3.14. The summed E-state index contributed by atoms with van der Waals surface area (Å²) < 4.78 is 0. The SMILES string of the molecule is CCCCCC(NN)c1cscc1C. The summed E-state index contributed by atoms with van der Waals surface area (Å²) in [4.78, 5) is 0. The maximum Gasteiger partial charge on any atom is 0.0470 e. The second kappa shape index (κ2) is 6.17. The van der Waals surface area contributed by atoms with Gasteiger partial charge in [-0.3, -0.25) is 11.3 Å². The van der Waals surface area contributed by atoms with E-state index in [2.05, 4.69) is 30.0 Å². The summed E-state index contributed by atoms with van der Waals surface area (Å²) in [6, 6.07) is 0.341. The van der Waals surface area contributed by atoms with Crippen molar-refractivity contribution < 1.29 is 0 Å². The minimum Gasteiger partial charge on any atom is -0.271 e. The van der Waals surface area contributed by atoms with Gasteiger partial charge >= 0.3 is 0 Å². The van der Waals surface area contributed by atoms with Crippen molar-refractivity contribution in [2.24, 2.45) is 5.84 Å². The zero-order chi connectivity index (χ0) is 10.4. The molecule has 0 aromatic carbocycles. The highest BCUT2D eigenvalue weighted by Crippen LogP contribution is 2.25. The molecule has 1 heterocycles. The highest BCUT2D eigenvalue weighted by atomic mass is 32.1. The number of thiophene rings is 1. The van der Waals surface area contributed by atoms with E-state index >= 15 is 0 Å². The van der Waals surface area contributed by atoms with E-state index in [4.69, 9.17) is 5.84 Å². The Morgan fingerprint density at radius 1 is 1.43 bits per heavy atom. The van der Waals surface area contributed by atoms with Crippen molar-refractivity contribution in [3.8, 4) is 0 Å². The van der Waals surface area contributed by atoms with Gasteiger partial charge in [-0.25, -0.2) is 0 Å². The number of hydrogen-bond donors (Lipinski definition) is 2. The number of nitrogens with one attached hydrogen (secondary N) is 1. The van der Waals surface area contributed by atoms with Crippen LogP contribution in [0.3, 0.4) is 0 Å². The smallest absolute Gasteiger partial charge is 0.0470 e. The quantitative estimate of drug-likeness (QED) is 0.432. The Kier molecular flexibility index (Phi) is 5.15. The van der Waals surface area contributed by atoms with E-state index in [-0.39, 0.29) is 0 Å². The molecule has 1 rings (SSSR count). The lowest BCUT2D eigenvalue weighted by atomic mass is 10.0. The number of nitrogens with two attached hydrogens (primary N) is 1. The Morgan fingerprint density at radius 2 is 2.21 bits per heavy atom. The van der Waals surface area contributed by atoms with Gasteiger partial charge in [0, 0.05) is 6.04 Å². The molecule has 0 radical (unpaired) electrons. The number of aryl methyl sites for hydroxylation is 1. The molecule has 0 spiro atoms. The zero-order valence-electron chi connectivity index (χ0n) is 9.05. The van der Waals surface area contributed by atoms with Crippen LogP contribution in [0.1, 0.15) is 49.8 Å². The molecule has 14 heavy (non-hydrogen) atoms. The zero-order valence-corrected chi connectivity index (χ0v) is 9.86. The van der Waals surface area contributed by atoms with Gasteiger partial charge in [0.15, 0.2) is 0 Å². The van der Waals surface area contributed by atoms with Gasteiger partial charge < -0.3 is 0 Å². The van der Waals surface area contributed by atoms with Crippen molar-refractivity contribution in [3.63, 3.8) is 0 Å². The normalized spacial score (nSPS) is 13.1. The second-order valence-corrected chi connectivity index (χ2v) is 4.47. The second-order valence-electron chi connectivity index (χ2n) is 3.73. The number of hydrogen-bond acceptors (Lipinski definition) is 3. The van der Waals surface area contributed by atoms with Gasteiger partial charge in [-0.2, -0.15) is 11.3 Å². The van der Waals surface area contributed by atoms with Crippen molar-refractivity contribution in [3.05, 3.63) is 21.9 Å². The van der Waals surface area contributed by atoms with E-state index in [0.29, 0.717) is 6.04 Å². The van der Waals surface area contributed by atoms with Crippen LogP contribution < -0.4 is 11.3 Å². The van der Waals surface area contributed by atoms with Crippen LogP contribution in [0.4, 0.5) is 0 Å². The van der Waals surface area contributed by atoms with Crippen LogP contribution >= 0.6 is 11.3 Å². The molecule has 0 aliphatic heterocycles. The van der Waals surface area contributed by atoms with Crippen LogP contribution in [0.5, 0.6) is 0 Å². The van der Waals surface area contributed by atoms with Gasteiger partial charge in [-0.1, -0.05) is 26.2 Å². The Hall–Kier alpha value is -0.380. The van der Waals surface area contributed by atoms with Gasteiger partial charge in [0.1, 0.15) is 0 Å². The molecule has 0 fully saturated rings. The fourth-order valence-corrected chi connectivity index (χ4v) is 2.56. The first-order chi connectivity index (χ1) is 6.79. The summed E-state index contributed by atoms with van der Waals surface area (Å²) in [6.07, 6.45) is 4.95. The molecule has 0 bridgehead atoms. The molecule has 1 aromatic heterocycles. The van der Waals surface area contributed by atoms with Crippen LogP contribution in [0, 0.1) is 6.92 Å². The molecular formula is C11H20N2S. The maximum atomic E-state index is 5.57. The summed E-state index contributed by atoms with van der Waals surface area (Å²) >= 11 is 1.75. The lowest BCUT2D eigenvalue weighted by Crippen LogP contribution is -2.28. The lowest BCUT2D eigenvalue weighted by molar-refractivity contribution is 0.486. The Balaban J connectivity index is 2.50. The first-order valence-electron chi connectivity index (χ1n) is 5.28. The molecule has 0 saturated heterocycles. The molecule has 80 valence electrons. The highest BCUT2D eigenvalue weighted by molar-refractivity contribution is 7.08. The molecule has 1 unspecified atom stereocenters.